The maximum Gasteiger partial charge on any atom is 0.224 e. The lowest BCUT2D eigenvalue weighted by Gasteiger charge is -2.18. The summed E-state index contributed by atoms with van der Waals surface area (Å²) in [5.74, 6) is -0.0361. The first-order valence-electron chi connectivity index (χ1n) is 6.15. The lowest BCUT2D eigenvalue weighted by atomic mass is 10.0. The number of hydrogen-bond acceptors (Lipinski definition) is 2. The van der Waals surface area contributed by atoms with Crippen molar-refractivity contribution in [3.8, 4) is 0 Å². The summed E-state index contributed by atoms with van der Waals surface area (Å²) in [4.78, 5) is 11.9. The molecule has 3 N–H and O–H groups in total. The van der Waals surface area contributed by atoms with Crippen molar-refractivity contribution < 1.29 is 4.79 Å². The largest absolute Gasteiger partial charge is 0.349 e. The maximum atomic E-state index is 11.9. The molecule has 0 radical (unpaired) electrons. The smallest absolute Gasteiger partial charge is 0.224 e. The second-order valence-electron chi connectivity index (χ2n) is 4.48. The Kier molecular flexibility index (Phi) is 5.16. The Hall–Kier alpha value is -1.35. The molecule has 17 heavy (non-hydrogen) atoms. The number of carbonyl (C=O) groups is 1. The molecule has 0 saturated carbocycles. The van der Waals surface area contributed by atoms with Gasteiger partial charge in [0.25, 0.3) is 0 Å². The summed E-state index contributed by atoms with van der Waals surface area (Å²) in [5, 5.41) is 3.00. The highest BCUT2D eigenvalue weighted by Gasteiger charge is 2.17. The normalized spacial score (nSPS) is 14.1. The van der Waals surface area contributed by atoms with Crippen LogP contribution in [0.4, 0.5) is 0 Å². The quantitative estimate of drug-likeness (QED) is 0.820. The van der Waals surface area contributed by atoms with Crippen LogP contribution in [0.5, 0.6) is 0 Å². The molecule has 1 aromatic carbocycles. The summed E-state index contributed by atoms with van der Waals surface area (Å²) < 4.78 is 0. The molecular formula is C14H22N2O. The Morgan fingerprint density at radius 2 is 1.94 bits per heavy atom. The first-order valence-corrected chi connectivity index (χ1v) is 6.15. The number of rotatable bonds is 5. The second-order valence-corrected chi connectivity index (χ2v) is 4.48. The molecule has 1 rings (SSSR count). The number of aryl methyl sites for hydroxylation is 1. The molecular weight excluding hydrogens is 212 g/mol. The fourth-order valence-corrected chi connectivity index (χ4v) is 1.73. The predicted molar refractivity (Wildman–Crippen MR) is 70.6 cm³/mol. The highest BCUT2D eigenvalue weighted by molar-refractivity contribution is 5.79. The molecule has 3 heteroatoms. The van der Waals surface area contributed by atoms with Gasteiger partial charge in [0.05, 0.1) is 6.04 Å². The van der Waals surface area contributed by atoms with Crippen LogP contribution < -0.4 is 11.1 Å². The molecule has 1 unspecified atom stereocenters. The second kappa shape index (κ2) is 6.40. The molecule has 0 aliphatic heterocycles. The van der Waals surface area contributed by atoms with E-state index in [1.807, 2.05) is 26.0 Å². The van der Waals surface area contributed by atoms with E-state index in [0.29, 0.717) is 6.54 Å². The molecule has 0 aliphatic rings. The number of amides is 1. The minimum atomic E-state index is -0.0806. The van der Waals surface area contributed by atoms with Crippen molar-refractivity contribution in [2.24, 2.45) is 11.7 Å². The van der Waals surface area contributed by atoms with E-state index in [4.69, 9.17) is 5.73 Å². The molecule has 0 aromatic heterocycles. The molecule has 1 amide bonds. The van der Waals surface area contributed by atoms with E-state index in [2.05, 4.69) is 24.4 Å². The average molecular weight is 234 g/mol. The summed E-state index contributed by atoms with van der Waals surface area (Å²) in [6.45, 7) is 6.43. The number of carbonyl (C=O) groups excluding carboxylic acids is 1. The zero-order valence-electron chi connectivity index (χ0n) is 10.9. The first-order chi connectivity index (χ1) is 8.08. The topological polar surface area (TPSA) is 55.1 Å². The highest BCUT2D eigenvalue weighted by atomic mass is 16.1. The summed E-state index contributed by atoms with van der Waals surface area (Å²) in [5.41, 5.74) is 7.90. The van der Waals surface area contributed by atoms with E-state index < -0.39 is 0 Å². The monoisotopic (exact) mass is 234 g/mol. The molecule has 0 heterocycles. The molecule has 1 aromatic rings. The van der Waals surface area contributed by atoms with Crippen molar-refractivity contribution in [3.05, 3.63) is 35.4 Å². The van der Waals surface area contributed by atoms with Gasteiger partial charge in [-0.2, -0.15) is 0 Å². The van der Waals surface area contributed by atoms with Gasteiger partial charge in [-0.1, -0.05) is 36.8 Å². The number of hydrogen-bond donors (Lipinski definition) is 2. The lowest BCUT2D eigenvalue weighted by molar-refractivity contribution is -0.125. The molecule has 0 saturated heterocycles. The van der Waals surface area contributed by atoms with Crippen LogP contribution in [0, 0.1) is 12.8 Å². The Labute approximate surface area is 103 Å². The van der Waals surface area contributed by atoms with E-state index in [0.717, 1.165) is 12.0 Å². The fraction of sp³-hybridized carbons (Fsp3) is 0.500. The van der Waals surface area contributed by atoms with Gasteiger partial charge < -0.3 is 11.1 Å². The summed E-state index contributed by atoms with van der Waals surface area (Å²) in [7, 11) is 0. The lowest BCUT2D eigenvalue weighted by Crippen LogP contribution is -2.36. The summed E-state index contributed by atoms with van der Waals surface area (Å²) >= 11 is 0. The van der Waals surface area contributed by atoms with Crippen LogP contribution in [0.3, 0.4) is 0 Å². The molecule has 2 atom stereocenters. The average Bonchev–Trinajstić information content (AvgIpc) is 2.31. The molecule has 0 aliphatic carbocycles. The Morgan fingerprint density at radius 3 is 2.41 bits per heavy atom. The Balaban J connectivity index is 2.62. The van der Waals surface area contributed by atoms with Gasteiger partial charge in [0, 0.05) is 12.5 Å². The van der Waals surface area contributed by atoms with E-state index in [1.54, 1.807) is 0 Å². The van der Waals surface area contributed by atoms with Gasteiger partial charge in [-0.15, -0.1) is 0 Å². The zero-order chi connectivity index (χ0) is 12.8. The molecule has 0 fully saturated rings. The van der Waals surface area contributed by atoms with Gasteiger partial charge in [0.15, 0.2) is 0 Å². The molecule has 0 bridgehead atoms. The minimum Gasteiger partial charge on any atom is -0.349 e. The van der Waals surface area contributed by atoms with E-state index in [1.165, 1.54) is 5.56 Å². The van der Waals surface area contributed by atoms with Crippen molar-refractivity contribution in [3.63, 3.8) is 0 Å². The van der Waals surface area contributed by atoms with E-state index >= 15 is 0 Å². The van der Waals surface area contributed by atoms with Gasteiger partial charge in [0.1, 0.15) is 0 Å². The third-order valence-corrected chi connectivity index (χ3v) is 3.08. The standard InChI is InChI=1S/C14H22N2O/c1-4-12(9-15)14(17)16-11(3)13-7-5-10(2)6-8-13/h5-8,11-12H,4,9,15H2,1-3H3,(H,16,17)/t11-,12?/m1/s1. The van der Waals surface area contributed by atoms with Gasteiger partial charge in [-0.05, 0) is 25.8 Å². The summed E-state index contributed by atoms with van der Waals surface area (Å²) in [6.07, 6.45) is 0.781. The predicted octanol–water partition coefficient (Wildman–Crippen LogP) is 2.16. The third kappa shape index (κ3) is 3.86. The van der Waals surface area contributed by atoms with E-state index in [9.17, 15) is 4.79 Å². The van der Waals surface area contributed by atoms with Crippen LogP contribution in [-0.4, -0.2) is 12.5 Å². The van der Waals surface area contributed by atoms with Crippen LogP contribution in [0.2, 0.25) is 0 Å². The van der Waals surface area contributed by atoms with Gasteiger partial charge in [-0.25, -0.2) is 0 Å². The van der Waals surface area contributed by atoms with Crippen molar-refractivity contribution in [2.75, 3.05) is 6.54 Å². The van der Waals surface area contributed by atoms with Crippen LogP contribution in [-0.2, 0) is 4.79 Å². The summed E-state index contributed by atoms with van der Waals surface area (Å²) in [6, 6.07) is 8.23. The van der Waals surface area contributed by atoms with E-state index in [-0.39, 0.29) is 17.9 Å². The molecule has 0 spiro atoms. The Bertz CT molecular complexity index is 355. The third-order valence-electron chi connectivity index (χ3n) is 3.08. The van der Waals surface area contributed by atoms with Crippen molar-refractivity contribution >= 4 is 5.91 Å². The molecule has 94 valence electrons. The first kappa shape index (κ1) is 13.7. The van der Waals surface area contributed by atoms with Gasteiger partial charge >= 0.3 is 0 Å². The van der Waals surface area contributed by atoms with Crippen LogP contribution in [0.1, 0.15) is 37.4 Å². The van der Waals surface area contributed by atoms with Crippen LogP contribution in [0.15, 0.2) is 24.3 Å². The zero-order valence-corrected chi connectivity index (χ0v) is 10.9. The number of nitrogens with one attached hydrogen (secondary N) is 1. The highest BCUT2D eigenvalue weighted by Crippen LogP contribution is 2.14. The van der Waals surface area contributed by atoms with Crippen LogP contribution in [0.25, 0.3) is 0 Å². The maximum absolute atomic E-state index is 11.9. The van der Waals surface area contributed by atoms with Crippen molar-refractivity contribution in [1.29, 1.82) is 0 Å². The van der Waals surface area contributed by atoms with Crippen molar-refractivity contribution in [1.82, 2.24) is 5.32 Å². The fourth-order valence-electron chi connectivity index (χ4n) is 1.73. The van der Waals surface area contributed by atoms with Gasteiger partial charge in [-0.3, -0.25) is 4.79 Å². The molecule has 3 nitrogen and oxygen atoms in total. The van der Waals surface area contributed by atoms with Crippen molar-refractivity contribution in [2.45, 2.75) is 33.2 Å². The minimum absolute atomic E-state index is 0.0312. The number of nitrogens with two attached hydrogens (primary N) is 1. The van der Waals surface area contributed by atoms with Crippen LogP contribution >= 0.6 is 0 Å². The Morgan fingerprint density at radius 1 is 1.35 bits per heavy atom. The SMILES string of the molecule is CCC(CN)C(=O)N[C@H](C)c1ccc(C)cc1. The number of benzene rings is 1. The van der Waals surface area contributed by atoms with Gasteiger partial charge in [0.2, 0.25) is 5.91 Å².